The van der Waals surface area contributed by atoms with Gasteiger partial charge in [-0.05, 0) is 35.4 Å². The van der Waals surface area contributed by atoms with E-state index in [4.69, 9.17) is 4.74 Å². The van der Waals surface area contributed by atoms with Crippen molar-refractivity contribution in [3.05, 3.63) is 63.9 Å². The van der Waals surface area contributed by atoms with Crippen molar-refractivity contribution in [2.45, 2.75) is 6.10 Å². The highest BCUT2D eigenvalue weighted by atomic mass is 79.9. The maximum absolute atomic E-state index is 12.8. The fourth-order valence-electron chi connectivity index (χ4n) is 1.68. The molecule has 4 heteroatoms. The summed E-state index contributed by atoms with van der Waals surface area (Å²) in [5, 5.41) is 10.2. The van der Waals surface area contributed by atoms with E-state index in [1.54, 1.807) is 37.4 Å². The van der Waals surface area contributed by atoms with Crippen LogP contribution in [-0.4, -0.2) is 12.2 Å². The van der Waals surface area contributed by atoms with Crippen molar-refractivity contribution in [3.8, 4) is 5.75 Å². The number of halogens is 2. The van der Waals surface area contributed by atoms with Crippen LogP contribution in [0, 0.1) is 5.82 Å². The van der Waals surface area contributed by atoms with E-state index in [0.717, 1.165) is 4.47 Å². The molecule has 0 aliphatic carbocycles. The van der Waals surface area contributed by atoms with E-state index in [1.807, 2.05) is 0 Å². The van der Waals surface area contributed by atoms with Crippen molar-refractivity contribution in [2.75, 3.05) is 7.11 Å². The number of aliphatic hydroxyl groups excluding tert-OH is 1. The highest BCUT2D eigenvalue weighted by Gasteiger charge is 2.14. The van der Waals surface area contributed by atoms with Crippen LogP contribution in [0.1, 0.15) is 17.2 Å². The summed E-state index contributed by atoms with van der Waals surface area (Å²) in [5.41, 5.74) is 1.35. The first-order valence-corrected chi connectivity index (χ1v) is 6.18. The summed E-state index contributed by atoms with van der Waals surface area (Å²) in [6.07, 6.45) is -0.800. The van der Waals surface area contributed by atoms with Crippen LogP contribution in [0.25, 0.3) is 0 Å². The standard InChI is InChI=1S/C14H12BrFO2/c1-18-11-6-7-12(13(15)8-11)14(17)9-2-4-10(16)5-3-9/h2-8,14,17H,1H3. The molecule has 0 heterocycles. The van der Waals surface area contributed by atoms with Gasteiger partial charge in [0.2, 0.25) is 0 Å². The van der Waals surface area contributed by atoms with Gasteiger partial charge >= 0.3 is 0 Å². The Kier molecular flexibility index (Phi) is 3.99. The van der Waals surface area contributed by atoms with E-state index < -0.39 is 6.10 Å². The number of benzene rings is 2. The van der Waals surface area contributed by atoms with E-state index >= 15 is 0 Å². The van der Waals surface area contributed by atoms with Gasteiger partial charge in [-0.1, -0.05) is 34.1 Å². The Balaban J connectivity index is 2.33. The molecule has 0 saturated heterocycles. The minimum Gasteiger partial charge on any atom is -0.497 e. The third-order valence-corrected chi connectivity index (χ3v) is 3.37. The molecule has 18 heavy (non-hydrogen) atoms. The quantitative estimate of drug-likeness (QED) is 0.937. The topological polar surface area (TPSA) is 29.5 Å². The second kappa shape index (κ2) is 5.50. The number of methoxy groups -OCH3 is 1. The maximum atomic E-state index is 12.8. The van der Waals surface area contributed by atoms with Gasteiger partial charge in [0.05, 0.1) is 7.11 Å². The van der Waals surface area contributed by atoms with Gasteiger partial charge in [-0.2, -0.15) is 0 Å². The SMILES string of the molecule is COc1ccc(C(O)c2ccc(F)cc2)c(Br)c1. The zero-order valence-corrected chi connectivity index (χ0v) is 11.3. The zero-order valence-electron chi connectivity index (χ0n) is 9.73. The van der Waals surface area contributed by atoms with Gasteiger partial charge in [0.25, 0.3) is 0 Å². The fourth-order valence-corrected chi connectivity index (χ4v) is 2.26. The van der Waals surface area contributed by atoms with Crippen molar-refractivity contribution in [1.29, 1.82) is 0 Å². The van der Waals surface area contributed by atoms with Crippen molar-refractivity contribution in [1.82, 2.24) is 0 Å². The van der Waals surface area contributed by atoms with Gasteiger partial charge in [0.1, 0.15) is 17.7 Å². The van der Waals surface area contributed by atoms with Crippen molar-refractivity contribution < 1.29 is 14.2 Å². The lowest BCUT2D eigenvalue weighted by molar-refractivity contribution is 0.219. The highest BCUT2D eigenvalue weighted by molar-refractivity contribution is 9.10. The van der Waals surface area contributed by atoms with Crippen LogP contribution in [-0.2, 0) is 0 Å². The first-order valence-electron chi connectivity index (χ1n) is 5.39. The van der Waals surface area contributed by atoms with E-state index in [1.165, 1.54) is 12.1 Å². The van der Waals surface area contributed by atoms with Crippen LogP contribution in [0.4, 0.5) is 4.39 Å². The third-order valence-electron chi connectivity index (χ3n) is 2.69. The smallest absolute Gasteiger partial charge is 0.123 e. The number of hydrogen-bond donors (Lipinski definition) is 1. The van der Waals surface area contributed by atoms with E-state index in [-0.39, 0.29) is 5.82 Å². The molecule has 2 nitrogen and oxygen atoms in total. The number of rotatable bonds is 3. The van der Waals surface area contributed by atoms with Gasteiger partial charge in [-0.15, -0.1) is 0 Å². The second-order valence-corrected chi connectivity index (χ2v) is 4.70. The lowest BCUT2D eigenvalue weighted by atomic mass is 10.0. The molecule has 2 aromatic rings. The minimum atomic E-state index is -0.800. The normalized spacial score (nSPS) is 12.2. The van der Waals surface area contributed by atoms with Crippen LogP contribution >= 0.6 is 15.9 Å². The first-order chi connectivity index (χ1) is 8.61. The molecule has 0 saturated carbocycles. The van der Waals surface area contributed by atoms with Crippen LogP contribution in [0.5, 0.6) is 5.75 Å². The molecule has 0 amide bonds. The van der Waals surface area contributed by atoms with Gasteiger partial charge in [-0.25, -0.2) is 4.39 Å². The monoisotopic (exact) mass is 310 g/mol. The molecule has 0 spiro atoms. The molecular weight excluding hydrogens is 299 g/mol. The molecule has 0 aromatic heterocycles. The molecule has 2 rings (SSSR count). The van der Waals surface area contributed by atoms with Gasteiger partial charge in [0, 0.05) is 4.47 Å². The maximum Gasteiger partial charge on any atom is 0.123 e. The highest BCUT2D eigenvalue weighted by Crippen LogP contribution is 2.31. The average molecular weight is 311 g/mol. The molecule has 0 radical (unpaired) electrons. The molecule has 1 N–H and O–H groups in total. The van der Waals surface area contributed by atoms with Gasteiger partial charge < -0.3 is 9.84 Å². The molecule has 1 unspecified atom stereocenters. The number of ether oxygens (including phenoxy) is 1. The number of hydrogen-bond acceptors (Lipinski definition) is 2. The van der Waals surface area contributed by atoms with Crippen LogP contribution in [0.3, 0.4) is 0 Å². The Morgan fingerprint density at radius 2 is 1.83 bits per heavy atom. The van der Waals surface area contributed by atoms with Crippen molar-refractivity contribution in [2.24, 2.45) is 0 Å². The van der Waals surface area contributed by atoms with E-state index in [9.17, 15) is 9.50 Å². The Hall–Kier alpha value is -1.39. The van der Waals surface area contributed by atoms with E-state index in [0.29, 0.717) is 16.9 Å². The van der Waals surface area contributed by atoms with Crippen molar-refractivity contribution in [3.63, 3.8) is 0 Å². The van der Waals surface area contributed by atoms with Crippen LogP contribution < -0.4 is 4.74 Å². The second-order valence-electron chi connectivity index (χ2n) is 3.84. The molecule has 1 atom stereocenters. The molecule has 0 fully saturated rings. The summed E-state index contributed by atoms with van der Waals surface area (Å²) in [6.45, 7) is 0. The minimum absolute atomic E-state index is 0.320. The fraction of sp³-hybridized carbons (Fsp3) is 0.143. The summed E-state index contributed by atoms with van der Waals surface area (Å²) >= 11 is 3.39. The van der Waals surface area contributed by atoms with Crippen LogP contribution in [0.2, 0.25) is 0 Å². The third kappa shape index (κ3) is 2.71. The summed E-state index contributed by atoms with van der Waals surface area (Å²) in [4.78, 5) is 0. The average Bonchev–Trinajstić information content (AvgIpc) is 2.38. The molecule has 0 aliphatic rings. The largest absolute Gasteiger partial charge is 0.497 e. The Labute approximate surface area is 113 Å². The van der Waals surface area contributed by atoms with Crippen molar-refractivity contribution >= 4 is 15.9 Å². The lowest BCUT2D eigenvalue weighted by Gasteiger charge is -2.14. The summed E-state index contributed by atoms with van der Waals surface area (Å²) < 4.78 is 18.7. The van der Waals surface area contributed by atoms with Gasteiger partial charge in [-0.3, -0.25) is 0 Å². The predicted molar refractivity (Wildman–Crippen MR) is 71.2 cm³/mol. The number of aliphatic hydroxyl groups is 1. The Morgan fingerprint density at radius 3 is 2.39 bits per heavy atom. The summed E-state index contributed by atoms with van der Waals surface area (Å²) in [7, 11) is 1.58. The molecule has 0 aliphatic heterocycles. The first kappa shape index (κ1) is 13.1. The van der Waals surface area contributed by atoms with E-state index in [2.05, 4.69) is 15.9 Å². The Morgan fingerprint density at radius 1 is 1.17 bits per heavy atom. The predicted octanol–water partition coefficient (Wildman–Crippen LogP) is 3.68. The molecule has 94 valence electrons. The molecule has 0 bridgehead atoms. The molecule has 2 aromatic carbocycles. The Bertz CT molecular complexity index is 540. The summed E-state index contributed by atoms with van der Waals surface area (Å²) in [5.74, 6) is 0.386. The summed E-state index contributed by atoms with van der Waals surface area (Å²) in [6, 6.07) is 11.1. The zero-order chi connectivity index (χ0) is 13.1. The molecular formula is C14H12BrFO2. The lowest BCUT2D eigenvalue weighted by Crippen LogP contribution is -2.01. The van der Waals surface area contributed by atoms with Gasteiger partial charge in [0.15, 0.2) is 0 Å². The van der Waals surface area contributed by atoms with Crippen LogP contribution in [0.15, 0.2) is 46.9 Å².